The highest BCUT2D eigenvalue weighted by molar-refractivity contribution is 7.99. The van der Waals surface area contributed by atoms with Crippen molar-refractivity contribution in [2.45, 2.75) is 11.9 Å². The summed E-state index contributed by atoms with van der Waals surface area (Å²) >= 11 is 1.74. The van der Waals surface area contributed by atoms with Gasteiger partial charge in [-0.2, -0.15) is 0 Å². The molecule has 0 unspecified atom stereocenters. The van der Waals surface area contributed by atoms with E-state index >= 15 is 0 Å². The molecule has 78 valence electrons. The van der Waals surface area contributed by atoms with Gasteiger partial charge in [0.05, 0.1) is 5.52 Å². The number of fused-ring (bicyclic) bond motifs is 1. The summed E-state index contributed by atoms with van der Waals surface area (Å²) in [5.41, 5.74) is 0.993. The van der Waals surface area contributed by atoms with Gasteiger partial charge in [0.1, 0.15) is 5.03 Å². The van der Waals surface area contributed by atoms with E-state index in [0.29, 0.717) is 5.95 Å². The number of aromatic nitrogens is 2. The van der Waals surface area contributed by atoms with Gasteiger partial charge in [-0.1, -0.05) is 25.1 Å². The van der Waals surface area contributed by atoms with Crippen molar-refractivity contribution in [3.8, 4) is 0 Å². The lowest BCUT2D eigenvalue weighted by atomic mass is 10.2. The minimum Gasteiger partial charge on any atom is -0.357 e. The van der Waals surface area contributed by atoms with E-state index in [1.807, 2.05) is 25.2 Å². The molecule has 3 nitrogen and oxygen atoms in total. The van der Waals surface area contributed by atoms with Crippen LogP contribution in [0.5, 0.6) is 0 Å². The Bertz CT molecular complexity index is 470. The Kier molecular flexibility index (Phi) is 3.06. The van der Waals surface area contributed by atoms with Crippen LogP contribution in [0.4, 0.5) is 5.95 Å². The number of nitrogens with zero attached hydrogens (tertiary/aromatic N) is 2. The Morgan fingerprint density at radius 1 is 1.27 bits per heavy atom. The molecule has 0 aliphatic heterocycles. The van der Waals surface area contributed by atoms with E-state index in [1.165, 1.54) is 0 Å². The van der Waals surface area contributed by atoms with E-state index in [4.69, 9.17) is 0 Å². The number of anilines is 1. The molecule has 0 aliphatic carbocycles. The number of nitrogens with one attached hydrogen (secondary N) is 1. The van der Waals surface area contributed by atoms with Gasteiger partial charge in [-0.3, -0.25) is 0 Å². The van der Waals surface area contributed by atoms with Gasteiger partial charge in [0.25, 0.3) is 0 Å². The van der Waals surface area contributed by atoms with Crippen molar-refractivity contribution in [1.82, 2.24) is 9.97 Å². The van der Waals surface area contributed by atoms with E-state index in [9.17, 15) is 0 Å². The average molecular weight is 219 g/mol. The number of benzene rings is 1. The van der Waals surface area contributed by atoms with E-state index in [1.54, 1.807) is 11.8 Å². The number of para-hydroxylation sites is 1. The summed E-state index contributed by atoms with van der Waals surface area (Å²) in [5.74, 6) is 1.70. The predicted octanol–water partition coefficient (Wildman–Crippen LogP) is 2.78. The van der Waals surface area contributed by atoms with Crippen molar-refractivity contribution in [3.63, 3.8) is 0 Å². The summed E-state index contributed by atoms with van der Waals surface area (Å²) in [4.78, 5) is 8.85. The Morgan fingerprint density at radius 3 is 2.80 bits per heavy atom. The van der Waals surface area contributed by atoms with Gasteiger partial charge in [-0.05, 0) is 11.8 Å². The molecule has 4 heteroatoms. The summed E-state index contributed by atoms with van der Waals surface area (Å²) in [5, 5.41) is 5.16. The number of thioether (sulfide) groups is 1. The van der Waals surface area contributed by atoms with Gasteiger partial charge in [0, 0.05) is 12.4 Å². The molecule has 1 aromatic heterocycles. The number of hydrogen-bond acceptors (Lipinski definition) is 4. The first-order valence-electron chi connectivity index (χ1n) is 4.92. The van der Waals surface area contributed by atoms with Crippen LogP contribution in [-0.4, -0.2) is 22.8 Å². The molecule has 0 saturated carbocycles. The lowest BCUT2D eigenvalue weighted by Crippen LogP contribution is -1.98. The summed E-state index contributed by atoms with van der Waals surface area (Å²) in [7, 11) is 1.84. The molecule has 0 spiro atoms. The second-order valence-corrected chi connectivity index (χ2v) is 4.31. The summed E-state index contributed by atoms with van der Waals surface area (Å²) < 4.78 is 0. The van der Waals surface area contributed by atoms with Crippen LogP contribution in [0.15, 0.2) is 29.3 Å². The van der Waals surface area contributed by atoms with Crippen molar-refractivity contribution in [2.24, 2.45) is 0 Å². The molecule has 1 N–H and O–H groups in total. The third kappa shape index (κ3) is 2.04. The second-order valence-electron chi connectivity index (χ2n) is 3.05. The maximum Gasteiger partial charge on any atom is 0.224 e. The Morgan fingerprint density at radius 2 is 2.07 bits per heavy atom. The molecule has 0 bridgehead atoms. The summed E-state index contributed by atoms with van der Waals surface area (Å²) in [6.45, 7) is 2.13. The zero-order valence-corrected chi connectivity index (χ0v) is 9.64. The van der Waals surface area contributed by atoms with Crippen LogP contribution in [0.25, 0.3) is 10.9 Å². The van der Waals surface area contributed by atoms with E-state index in [2.05, 4.69) is 28.3 Å². The van der Waals surface area contributed by atoms with Gasteiger partial charge in [-0.25, -0.2) is 9.97 Å². The fraction of sp³-hybridized carbons (Fsp3) is 0.273. The highest BCUT2D eigenvalue weighted by Gasteiger charge is 2.05. The first-order valence-corrected chi connectivity index (χ1v) is 5.91. The molecule has 0 aliphatic rings. The van der Waals surface area contributed by atoms with Crippen molar-refractivity contribution in [2.75, 3.05) is 18.1 Å². The van der Waals surface area contributed by atoms with Crippen molar-refractivity contribution < 1.29 is 0 Å². The fourth-order valence-corrected chi connectivity index (χ4v) is 2.16. The van der Waals surface area contributed by atoms with Crippen LogP contribution in [0.3, 0.4) is 0 Å². The van der Waals surface area contributed by atoms with Crippen LogP contribution in [0.1, 0.15) is 6.92 Å². The molecule has 0 fully saturated rings. The van der Waals surface area contributed by atoms with Crippen LogP contribution < -0.4 is 5.32 Å². The van der Waals surface area contributed by atoms with Gasteiger partial charge < -0.3 is 5.32 Å². The highest BCUT2D eigenvalue weighted by Crippen LogP contribution is 2.25. The molecule has 0 radical (unpaired) electrons. The highest BCUT2D eigenvalue weighted by atomic mass is 32.2. The summed E-state index contributed by atoms with van der Waals surface area (Å²) in [6.07, 6.45) is 0. The minimum absolute atomic E-state index is 0.685. The molecule has 2 aromatic rings. The van der Waals surface area contributed by atoms with Crippen LogP contribution in [0.2, 0.25) is 0 Å². The van der Waals surface area contributed by atoms with Crippen molar-refractivity contribution in [3.05, 3.63) is 24.3 Å². The molecular weight excluding hydrogens is 206 g/mol. The van der Waals surface area contributed by atoms with Gasteiger partial charge in [-0.15, -0.1) is 11.8 Å². The molecule has 0 amide bonds. The monoisotopic (exact) mass is 219 g/mol. The van der Waals surface area contributed by atoms with Crippen molar-refractivity contribution in [1.29, 1.82) is 0 Å². The zero-order chi connectivity index (χ0) is 10.7. The molecular formula is C11H13N3S. The normalized spacial score (nSPS) is 10.5. The number of hydrogen-bond donors (Lipinski definition) is 1. The quantitative estimate of drug-likeness (QED) is 0.636. The molecule has 0 saturated heterocycles. The first kappa shape index (κ1) is 10.2. The first-order chi connectivity index (χ1) is 7.35. The zero-order valence-electron chi connectivity index (χ0n) is 8.82. The standard InChI is InChI=1S/C11H13N3S/c1-3-15-10-8-6-4-5-7-9(8)13-11(12-2)14-10/h4-7H,3H2,1-2H3,(H,12,13,14). The molecule has 1 aromatic carbocycles. The third-order valence-electron chi connectivity index (χ3n) is 2.07. The van der Waals surface area contributed by atoms with Gasteiger partial charge in [0.2, 0.25) is 5.95 Å². The Balaban J connectivity index is 2.63. The van der Waals surface area contributed by atoms with E-state index < -0.39 is 0 Å². The molecule has 15 heavy (non-hydrogen) atoms. The van der Waals surface area contributed by atoms with Crippen molar-refractivity contribution >= 4 is 28.6 Å². The maximum atomic E-state index is 4.45. The van der Waals surface area contributed by atoms with Crippen LogP contribution >= 0.6 is 11.8 Å². The fourth-order valence-electron chi connectivity index (χ4n) is 1.41. The number of rotatable bonds is 3. The van der Waals surface area contributed by atoms with Gasteiger partial charge >= 0.3 is 0 Å². The lowest BCUT2D eigenvalue weighted by molar-refractivity contribution is 1.09. The lowest BCUT2D eigenvalue weighted by Gasteiger charge is -2.06. The topological polar surface area (TPSA) is 37.8 Å². The average Bonchev–Trinajstić information content (AvgIpc) is 2.29. The molecule has 2 rings (SSSR count). The largest absolute Gasteiger partial charge is 0.357 e. The minimum atomic E-state index is 0.685. The summed E-state index contributed by atoms with van der Waals surface area (Å²) in [6, 6.07) is 8.09. The Hall–Kier alpha value is -1.29. The van der Waals surface area contributed by atoms with Crippen LogP contribution in [0, 0.1) is 0 Å². The van der Waals surface area contributed by atoms with Crippen LogP contribution in [-0.2, 0) is 0 Å². The SMILES string of the molecule is CCSc1nc(NC)nc2ccccc12. The second kappa shape index (κ2) is 4.49. The smallest absolute Gasteiger partial charge is 0.224 e. The molecule has 1 heterocycles. The predicted molar refractivity (Wildman–Crippen MR) is 65.5 cm³/mol. The van der Waals surface area contributed by atoms with E-state index in [-0.39, 0.29) is 0 Å². The molecule has 0 atom stereocenters. The van der Waals surface area contributed by atoms with Gasteiger partial charge in [0.15, 0.2) is 0 Å². The van der Waals surface area contributed by atoms with E-state index in [0.717, 1.165) is 21.7 Å². The third-order valence-corrected chi connectivity index (χ3v) is 2.95. The Labute approximate surface area is 93.3 Å². The maximum absolute atomic E-state index is 4.45.